The fraction of sp³-hybridized carbons (Fsp3) is 0.238. The lowest BCUT2D eigenvalue weighted by atomic mass is 10.2. The van der Waals surface area contributed by atoms with Crippen LogP contribution in [0.15, 0.2) is 57.4 Å². The molecule has 0 saturated carbocycles. The third kappa shape index (κ3) is 3.05. The van der Waals surface area contributed by atoms with Crippen molar-refractivity contribution in [1.82, 2.24) is 14.8 Å². The summed E-state index contributed by atoms with van der Waals surface area (Å²) < 4.78 is 35.6. The van der Waals surface area contributed by atoms with Crippen molar-refractivity contribution < 1.29 is 12.8 Å². The number of nitrogens with zero attached hydrogens (tertiary/aromatic N) is 4. The van der Waals surface area contributed by atoms with Crippen LogP contribution in [0.4, 0.5) is 5.69 Å². The van der Waals surface area contributed by atoms with Crippen molar-refractivity contribution in [3.63, 3.8) is 0 Å². The first kappa shape index (κ1) is 19.1. The van der Waals surface area contributed by atoms with Gasteiger partial charge in [-0.1, -0.05) is 18.2 Å². The van der Waals surface area contributed by atoms with Crippen molar-refractivity contribution in [2.75, 3.05) is 10.8 Å². The Morgan fingerprint density at radius 3 is 2.80 bits per heavy atom. The fourth-order valence-corrected chi connectivity index (χ4v) is 6.58. The molecule has 4 heterocycles. The molecule has 0 saturated heterocycles. The van der Waals surface area contributed by atoms with E-state index in [0.717, 1.165) is 34.1 Å². The minimum absolute atomic E-state index is 0.278. The summed E-state index contributed by atoms with van der Waals surface area (Å²) in [5.74, 6) is 0.718. The molecule has 7 nitrogen and oxygen atoms in total. The number of para-hydroxylation sites is 1. The first-order valence-electron chi connectivity index (χ1n) is 9.58. The van der Waals surface area contributed by atoms with E-state index >= 15 is 0 Å². The fourth-order valence-electron chi connectivity index (χ4n) is 3.92. The van der Waals surface area contributed by atoms with Gasteiger partial charge in [-0.25, -0.2) is 13.4 Å². The van der Waals surface area contributed by atoms with Crippen molar-refractivity contribution in [3.05, 3.63) is 70.7 Å². The Morgan fingerprint density at radius 2 is 2.00 bits per heavy atom. The Bertz CT molecular complexity index is 1320. The average Bonchev–Trinajstić information content (AvgIpc) is 3.48. The second-order valence-corrected chi connectivity index (χ2v) is 9.89. The van der Waals surface area contributed by atoms with Gasteiger partial charge in [0.25, 0.3) is 10.0 Å². The summed E-state index contributed by atoms with van der Waals surface area (Å²) in [5.41, 5.74) is 3.73. The van der Waals surface area contributed by atoms with E-state index in [1.165, 1.54) is 15.6 Å². The number of rotatable bonds is 5. The lowest BCUT2D eigenvalue weighted by molar-refractivity contribution is 0.581. The van der Waals surface area contributed by atoms with E-state index in [-0.39, 0.29) is 4.90 Å². The van der Waals surface area contributed by atoms with E-state index in [2.05, 4.69) is 10.1 Å². The number of sulfonamides is 1. The van der Waals surface area contributed by atoms with Crippen LogP contribution in [-0.4, -0.2) is 29.7 Å². The van der Waals surface area contributed by atoms with Crippen molar-refractivity contribution in [3.8, 4) is 10.8 Å². The maximum atomic E-state index is 13.5. The highest BCUT2D eigenvalue weighted by molar-refractivity contribution is 7.93. The maximum absolute atomic E-state index is 13.5. The molecule has 5 rings (SSSR count). The summed E-state index contributed by atoms with van der Waals surface area (Å²) in [6.45, 7) is 4.39. The molecule has 1 aliphatic rings. The Labute approximate surface area is 178 Å². The van der Waals surface area contributed by atoms with E-state index in [1.807, 2.05) is 41.8 Å². The molecule has 0 radical (unpaired) electrons. The quantitative estimate of drug-likeness (QED) is 0.468. The van der Waals surface area contributed by atoms with E-state index in [1.54, 1.807) is 24.8 Å². The predicted molar refractivity (Wildman–Crippen MR) is 115 cm³/mol. The number of furan rings is 1. The largest absolute Gasteiger partial charge is 0.462 e. The average molecular weight is 441 g/mol. The first-order chi connectivity index (χ1) is 14.4. The van der Waals surface area contributed by atoms with Crippen LogP contribution in [0.5, 0.6) is 0 Å². The van der Waals surface area contributed by atoms with Gasteiger partial charge in [0, 0.05) is 11.9 Å². The third-order valence-electron chi connectivity index (χ3n) is 5.30. The van der Waals surface area contributed by atoms with Gasteiger partial charge in [0.2, 0.25) is 0 Å². The zero-order chi connectivity index (χ0) is 20.9. The molecule has 0 fully saturated rings. The molecular formula is C21H20N4O3S2. The SMILES string of the molecule is Cc1nn(Cc2csc(-c3ccco3)n2)c(C)c1S(=O)(=O)N1CCc2ccccc21. The summed E-state index contributed by atoms with van der Waals surface area (Å²) in [6.07, 6.45) is 2.33. The van der Waals surface area contributed by atoms with Gasteiger partial charge < -0.3 is 4.42 Å². The number of hydrogen-bond donors (Lipinski definition) is 0. The standard InChI is InChI=1S/C21H20N4O3S2/c1-14-20(30(26,27)25-10-9-16-6-3-4-7-18(16)25)15(2)24(23-14)12-17-13-29-21(22-17)19-8-5-11-28-19/h3-8,11,13H,9-10,12H2,1-2H3. The zero-order valence-electron chi connectivity index (χ0n) is 16.6. The number of anilines is 1. The van der Waals surface area contributed by atoms with E-state index in [0.29, 0.717) is 24.5 Å². The summed E-state index contributed by atoms with van der Waals surface area (Å²) in [6, 6.07) is 11.3. The van der Waals surface area contributed by atoms with Crippen LogP contribution < -0.4 is 4.31 Å². The van der Waals surface area contributed by atoms with Gasteiger partial charge in [0.1, 0.15) is 4.90 Å². The van der Waals surface area contributed by atoms with Crippen molar-refractivity contribution in [2.45, 2.75) is 31.7 Å². The molecule has 0 unspecified atom stereocenters. The predicted octanol–water partition coefficient (Wildman–Crippen LogP) is 4.02. The summed E-state index contributed by atoms with van der Waals surface area (Å²) in [7, 11) is -3.70. The monoisotopic (exact) mass is 440 g/mol. The Kier molecular flexibility index (Phi) is 4.52. The van der Waals surface area contributed by atoms with E-state index in [4.69, 9.17) is 4.42 Å². The second-order valence-electron chi connectivity index (χ2n) is 7.23. The number of aryl methyl sites for hydroxylation is 1. The molecule has 0 bridgehead atoms. The van der Waals surface area contributed by atoms with Crippen LogP contribution in [0.3, 0.4) is 0 Å². The van der Waals surface area contributed by atoms with Gasteiger partial charge in [0.15, 0.2) is 10.8 Å². The van der Waals surface area contributed by atoms with E-state index < -0.39 is 10.0 Å². The van der Waals surface area contributed by atoms with E-state index in [9.17, 15) is 8.42 Å². The van der Waals surface area contributed by atoms with Gasteiger partial charge in [-0.05, 0) is 44.0 Å². The van der Waals surface area contributed by atoms with Crippen molar-refractivity contribution >= 4 is 27.0 Å². The number of fused-ring (bicyclic) bond motifs is 1. The Hall–Kier alpha value is -2.91. The maximum Gasteiger partial charge on any atom is 0.268 e. The van der Waals surface area contributed by atoms with Crippen LogP contribution >= 0.6 is 11.3 Å². The van der Waals surface area contributed by atoms with Gasteiger partial charge in [-0.3, -0.25) is 8.99 Å². The second kappa shape index (κ2) is 7.10. The molecule has 0 atom stereocenters. The summed E-state index contributed by atoms with van der Waals surface area (Å²) in [5, 5.41) is 7.26. The molecule has 30 heavy (non-hydrogen) atoms. The molecule has 1 aromatic carbocycles. The molecule has 9 heteroatoms. The highest BCUT2D eigenvalue weighted by Gasteiger charge is 2.35. The molecule has 3 aromatic heterocycles. The third-order valence-corrected chi connectivity index (χ3v) is 8.28. The molecule has 0 amide bonds. The van der Waals surface area contributed by atoms with Gasteiger partial charge in [0.05, 0.1) is 35.6 Å². The van der Waals surface area contributed by atoms with Crippen LogP contribution in [0, 0.1) is 13.8 Å². The lowest BCUT2D eigenvalue weighted by Gasteiger charge is -2.19. The van der Waals surface area contributed by atoms with Crippen LogP contribution in [0.2, 0.25) is 0 Å². The molecule has 154 valence electrons. The summed E-state index contributed by atoms with van der Waals surface area (Å²) in [4.78, 5) is 4.88. The van der Waals surface area contributed by atoms with Gasteiger partial charge >= 0.3 is 0 Å². The zero-order valence-corrected chi connectivity index (χ0v) is 18.2. The molecular weight excluding hydrogens is 420 g/mol. The van der Waals surface area contributed by atoms with Gasteiger partial charge in [-0.2, -0.15) is 5.10 Å². The molecule has 1 aliphatic heterocycles. The van der Waals surface area contributed by atoms with Crippen LogP contribution in [-0.2, 0) is 23.0 Å². The molecule has 0 aliphatic carbocycles. The Balaban J connectivity index is 1.47. The highest BCUT2D eigenvalue weighted by Crippen LogP contribution is 2.34. The minimum atomic E-state index is -3.70. The molecule has 0 N–H and O–H groups in total. The normalized spacial score (nSPS) is 13.7. The topological polar surface area (TPSA) is 81.2 Å². The number of hydrogen-bond acceptors (Lipinski definition) is 6. The lowest BCUT2D eigenvalue weighted by Crippen LogP contribution is -2.30. The number of aromatic nitrogens is 3. The first-order valence-corrected chi connectivity index (χ1v) is 11.9. The van der Waals surface area contributed by atoms with Crippen molar-refractivity contribution in [1.29, 1.82) is 0 Å². The highest BCUT2D eigenvalue weighted by atomic mass is 32.2. The van der Waals surface area contributed by atoms with Crippen LogP contribution in [0.25, 0.3) is 10.8 Å². The summed E-state index contributed by atoms with van der Waals surface area (Å²) >= 11 is 1.49. The van der Waals surface area contributed by atoms with Gasteiger partial charge in [-0.15, -0.1) is 11.3 Å². The smallest absolute Gasteiger partial charge is 0.268 e. The number of benzene rings is 1. The number of thiazole rings is 1. The minimum Gasteiger partial charge on any atom is -0.462 e. The van der Waals surface area contributed by atoms with Crippen molar-refractivity contribution in [2.24, 2.45) is 0 Å². The molecule has 0 spiro atoms. The molecule has 4 aromatic rings. The Morgan fingerprint density at radius 1 is 1.17 bits per heavy atom. The van der Waals surface area contributed by atoms with Crippen LogP contribution in [0.1, 0.15) is 22.6 Å².